The summed E-state index contributed by atoms with van der Waals surface area (Å²) >= 11 is 0. The summed E-state index contributed by atoms with van der Waals surface area (Å²) in [6.07, 6.45) is 0. The maximum atomic E-state index is 12.5. The van der Waals surface area contributed by atoms with Gasteiger partial charge in [-0.25, -0.2) is 4.39 Å². The van der Waals surface area contributed by atoms with Crippen molar-refractivity contribution in [2.24, 2.45) is 0 Å². The van der Waals surface area contributed by atoms with E-state index in [1.165, 1.54) is 24.3 Å². The molecule has 0 N–H and O–H groups in total. The number of hydrogen-bond acceptors (Lipinski definition) is 2. The van der Waals surface area contributed by atoms with Crippen LogP contribution in [0.25, 0.3) is 0 Å². The van der Waals surface area contributed by atoms with Gasteiger partial charge in [-0.3, -0.25) is 4.79 Å². The fourth-order valence-electron chi connectivity index (χ4n) is 0.914. The van der Waals surface area contributed by atoms with E-state index in [-0.39, 0.29) is 18.2 Å². The second-order valence-corrected chi connectivity index (χ2v) is 2.57. The molecule has 0 spiro atoms. The average molecular weight is 182 g/mol. The maximum Gasteiger partial charge on any atom is 0.188 e. The normalized spacial score (nSPS) is 10.0. The number of Topliss-reactive ketones (excluding diaryl/α,β-unsaturated/α-hetero) is 1. The van der Waals surface area contributed by atoms with Crippen molar-refractivity contribution in [3.63, 3.8) is 0 Å². The molecule has 0 aliphatic heterocycles. The molecule has 0 aliphatic rings. The Kier molecular flexibility index (Phi) is 3.58. The lowest BCUT2D eigenvalue weighted by Gasteiger charge is -2.00. The summed E-state index contributed by atoms with van der Waals surface area (Å²) < 4.78 is 17.4. The zero-order valence-electron chi connectivity index (χ0n) is 7.42. The molecule has 0 atom stereocenters. The number of benzene rings is 1. The minimum absolute atomic E-state index is 0.0577. The van der Waals surface area contributed by atoms with Crippen LogP contribution < -0.4 is 0 Å². The van der Waals surface area contributed by atoms with Gasteiger partial charge < -0.3 is 4.74 Å². The molecule has 3 heteroatoms. The van der Waals surface area contributed by atoms with Crippen molar-refractivity contribution >= 4 is 5.78 Å². The third-order valence-electron chi connectivity index (χ3n) is 1.60. The summed E-state index contributed by atoms with van der Waals surface area (Å²) in [4.78, 5) is 11.3. The highest BCUT2D eigenvalue weighted by molar-refractivity contribution is 5.96. The topological polar surface area (TPSA) is 26.3 Å². The van der Waals surface area contributed by atoms with Gasteiger partial charge >= 0.3 is 0 Å². The van der Waals surface area contributed by atoms with Crippen molar-refractivity contribution in [1.29, 1.82) is 0 Å². The number of halogens is 1. The minimum Gasteiger partial charge on any atom is -0.374 e. The Hall–Kier alpha value is -1.22. The Morgan fingerprint density at radius 3 is 2.54 bits per heavy atom. The molecule has 1 aromatic carbocycles. The van der Waals surface area contributed by atoms with E-state index in [1.807, 2.05) is 6.92 Å². The van der Waals surface area contributed by atoms with Gasteiger partial charge in [-0.05, 0) is 31.2 Å². The summed E-state index contributed by atoms with van der Waals surface area (Å²) in [7, 11) is 0. The summed E-state index contributed by atoms with van der Waals surface area (Å²) in [5.41, 5.74) is 0.481. The first-order chi connectivity index (χ1) is 6.24. The molecule has 0 aromatic heterocycles. The third kappa shape index (κ3) is 2.95. The van der Waals surface area contributed by atoms with Crippen LogP contribution in [0, 0.1) is 5.82 Å². The molecule has 1 rings (SSSR count). The van der Waals surface area contributed by atoms with Crippen LogP contribution >= 0.6 is 0 Å². The molecule has 0 aliphatic carbocycles. The highest BCUT2D eigenvalue weighted by Gasteiger charge is 2.04. The first-order valence-electron chi connectivity index (χ1n) is 4.10. The molecule has 0 bridgehead atoms. The summed E-state index contributed by atoms with van der Waals surface area (Å²) in [5.74, 6) is -0.463. The van der Waals surface area contributed by atoms with Crippen LogP contribution in [-0.4, -0.2) is 19.0 Å². The van der Waals surface area contributed by atoms with Crippen LogP contribution in [-0.2, 0) is 4.74 Å². The minimum atomic E-state index is -0.340. The molecule has 0 fully saturated rings. The van der Waals surface area contributed by atoms with Crippen molar-refractivity contribution < 1.29 is 13.9 Å². The zero-order chi connectivity index (χ0) is 9.68. The van der Waals surface area contributed by atoms with E-state index in [0.717, 1.165) is 0 Å². The van der Waals surface area contributed by atoms with Gasteiger partial charge in [0.1, 0.15) is 12.4 Å². The van der Waals surface area contributed by atoms with Gasteiger partial charge in [-0.1, -0.05) is 0 Å². The van der Waals surface area contributed by atoms with Gasteiger partial charge in [0.25, 0.3) is 0 Å². The molecule has 0 saturated carbocycles. The van der Waals surface area contributed by atoms with E-state index in [4.69, 9.17) is 4.74 Å². The van der Waals surface area contributed by atoms with Crippen LogP contribution in [0.4, 0.5) is 4.39 Å². The highest BCUT2D eigenvalue weighted by Crippen LogP contribution is 2.03. The Balaban J connectivity index is 2.61. The van der Waals surface area contributed by atoms with Crippen LogP contribution in [0.15, 0.2) is 24.3 Å². The van der Waals surface area contributed by atoms with Crippen LogP contribution in [0.5, 0.6) is 0 Å². The van der Waals surface area contributed by atoms with Crippen LogP contribution in [0.1, 0.15) is 17.3 Å². The molecule has 0 amide bonds. The van der Waals surface area contributed by atoms with E-state index in [2.05, 4.69) is 0 Å². The summed E-state index contributed by atoms with van der Waals surface area (Å²) in [5, 5.41) is 0. The predicted molar refractivity (Wildman–Crippen MR) is 47.2 cm³/mol. The monoisotopic (exact) mass is 182 g/mol. The SMILES string of the molecule is CCOCC(=O)c1ccc(F)cc1. The molecule has 2 nitrogen and oxygen atoms in total. The quantitative estimate of drug-likeness (QED) is 0.666. The second-order valence-electron chi connectivity index (χ2n) is 2.57. The van der Waals surface area contributed by atoms with Crippen molar-refractivity contribution in [2.75, 3.05) is 13.2 Å². The first kappa shape index (κ1) is 9.86. The molecule has 0 heterocycles. The fraction of sp³-hybridized carbons (Fsp3) is 0.300. The van der Waals surface area contributed by atoms with E-state index >= 15 is 0 Å². The smallest absolute Gasteiger partial charge is 0.188 e. The Morgan fingerprint density at radius 2 is 2.00 bits per heavy atom. The lowest BCUT2D eigenvalue weighted by atomic mass is 10.1. The van der Waals surface area contributed by atoms with Gasteiger partial charge in [0.2, 0.25) is 0 Å². The lowest BCUT2D eigenvalue weighted by Crippen LogP contribution is -2.08. The number of ether oxygens (including phenoxy) is 1. The molecule has 0 radical (unpaired) electrons. The molecule has 13 heavy (non-hydrogen) atoms. The number of ketones is 1. The van der Waals surface area contributed by atoms with Gasteiger partial charge in [0.05, 0.1) is 0 Å². The van der Waals surface area contributed by atoms with Crippen LogP contribution in [0.2, 0.25) is 0 Å². The standard InChI is InChI=1S/C10H11FO2/c1-2-13-7-10(12)8-3-5-9(11)6-4-8/h3-6H,2,7H2,1H3. The van der Waals surface area contributed by atoms with E-state index in [1.54, 1.807) is 0 Å². The number of carbonyl (C=O) groups is 1. The first-order valence-corrected chi connectivity index (χ1v) is 4.10. The number of hydrogen-bond donors (Lipinski definition) is 0. The van der Waals surface area contributed by atoms with Gasteiger partial charge in [-0.2, -0.15) is 0 Å². The van der Waals surface area contributed by atoms with Crippen LogP contribution in [0.3, 0.4) is 0 Å². The zero-order valence-corrected chi connectivity index (χ0v) is 7.42. The molecule has 0 unspecified atom stereocenters. The molecule has 1 aromatic rings. The van der Waals surface area contributed by atoms with Gasteiger partial charge in [-0.15, -0.1) is 0 Å². The van der Waals surface area contributed by atoms with Crippen molar-refractivity contribution in [3.8, 4) is 0 Å². The Bertz CT molecular complexity index is 279. The van der Waals surface area contributed by atoms with Gasteiger partial charge in [0.15, 0.2) is 5.78 Å². The largest absolute Gasteiger partial charge is 0.374 e. The second kappa shape index (κ2) is 4.72. The molecular formula is C10H11FO2. The van der Waals surface area contributed by atoms with Gasteiger partial charge in [0, 0.05) is 12.2 Å². The number of carbonyl (C=O) groups excluding carboxylic acids is 1. The van der Waals surface area contributed by atoms with E-state index < -0.39 is 0 Å². The molecule has 0 saturated heterocycles. The average Bonchev–Trinajstić information content (AvgIpc) is 2.15. The Labute approximate surface area is 76.3 Å². The summed E-state index contributed by atoms with van der Waals surface area (Å²) in [6.45, 7) is 2.38. The Morgan fingerprint density at radius 1 is 1.38 bits per heavy atom. The van der Waals surface area contributed by atoms with Crippen molar-refractivity contribution in [2.45, 2.75) is 6.92 Å². The fourth-order valence-corrected chi connectivity index (χ4v) is 0.914. The molecular weight excluding hydrogens is 171 g/mol. The third-order valence-corrected chi connectivity index (χ3v) is 1.60. The number of rotatable bonds is 4. The van der Waals surface area contributed by atoms with Crippen molar-refractivity contribution in [3.05, 3.63) is 35.6 Å². The predicted octanol–water partition coefficient (Wildman–Crippen LogP) is 2.04. The van der Waals surface area contributed by atoms with E-state index in [0.29, 0.717) is 12.2 Å². The van der Waals surface area contributed by atoms with Crippen molar-refractivity contribution in [1.82, 2.24) is 0 Å². The highest BCUT2D eigenvalue weighted by atomic mass is 19.1. The van der Waals surface area contributed by atoms with E-state index in [9.17, 15) is 9.18 Å². The summed E-state index contributed by atoms with van der Waals surface area (Å²) in [6, 6.07) is 5.44. The lowest BCUT2D eigenvalue weighted by molar-refractivity contribution is 0.0783. The maximum absolute atomic E-state index is 12.5. The molecule has 70 valence electrons.